The summed E-state index contributed by atoms with van der Waals surface area (Å²) in [6, 6.07) is 13.6. The van der Waals surface area contributed by atoms with Crippen LogP contribution in [0.2, 0.25) is 0 Å². The molecule has 0 unspecified atom stereocenters. The standard InChI is InChI=1S/C13H14N4/c14-13(17-12-6-2-1-3-7-12)16-10-11-5-4-8-15-9-11/h1-9H,10H2,(H3,14,16,17). The van der Waals surface area contributed by atoms with E-state index in [-0.39, 0.29) is 0 Å². The normalized spacial score (nSPS) is 11.2. The van der Waals surface area contributed by atoms with E-state index in [2.05, 4.69) is 15.3 Å². The first-order valence-corrected chi connectivity index (χ1v) is 5.35. The SMILES string of the molecule is NC(=NCc1cccnc1)Nc1ccccc1. The van der Waals surface area contributed by atoms with Crippen LogP contribution in [0.5, 0.6) is 0 Å². The summed E-state index contributed by atoms with van der Waals surface area (Å²) in [6.07, 6.45) is 3.51. The van der Waals surface area contributed by atoms with Crippen molar-refractivity contribution >= 4 is 11.6 Å². The van der Waals surface area contributed by atoms with Crippen LogP contribution in [0.25, 0.3) is 0 Å². The molecular formula is C13H14N4. The zero-order valence-electron chi connectivity index (χ0n) is 9.38. The summed E-state index contributed by atoms with van der Waals surface area (Å²) >= 11 is 0. The van der Waals surface area contributed by atoms with Crippen LogP contribution in [0.1, 0.15) is 5.56 Å². The quantitative estimate of drug-likeness (QED) is 0.621. The largest absolute Gasteiger partial charge is 0.370 e. The highest BCUT2D eigenvalue weighted by molar-refractivity contribution is 5.92. The summed E-state index contributed by atoms with van der Waals surface area (Å²) < 4.78 is 0. The van der Waals surface area contributed by atoms with Crippen molar-refractivity contribution in [2.24, 2.45) is 10.7 Å². The van der Waals surface area contributed by atoms with Gasteiger partial charge in [-0.15, -0.1) is 0 Å². The molecule has 2 aromatic rings. The number of benzene rings is 1. The highest BCUT2D eigenvalue weighted by Crippen LogP contribution is 2.04. The van der Waals surface area contributed by atoms with E-state index in [0.29, 0.717) is 12.5 Å². The number of anilines is 1. The third kappa shape index (κ3) is 3.61. The third-order valence-corrected chi connectivity index (χ3v) is 2.20. The fourth-order valence-electron chi connectivity index (χ4n) is 1.38. The summed E-state index contributed by atoms with van der Waals surface area (Å²) in [5.74, 6) is 0.403. The molecular weight excluding hydrogens is 212 g/mol. The van der Waals surface area contributed by atoms with Crippen molar-refractivity contribution < 1.29 is 0 Å². The van der Waals surface area contributed by atoms with Crippen molar-refractivity contribution in [3.05, 3.63) is 60.4 Å². The monoisotopic (exact) mass is 226 g/mol. The van der Waals surface area contributed by atoms with Gasteiger partial charge in [0, 0.05) is 18.1 Å². The van der Waals surface area contributed by atoms with Gasteiger partial charge in [0.1, 0.15) is 0 Å². The minimum Gasteiger partial charge on any atom is -0.370 e. The maximum atomic E-state index is 5.77. The summed E-state index contributed by atoms with van der Waals surface area (Å²) in [6.45, 7) is 0.527. The highest BCUT2D eigenvalue weighted by atomic mass is 15.1. The second kappa shape index (κ2) is 5.65. The Morgan fingerprint density at radius 2 is 2.00 bits per heavy atom. The zero-order chi connectivity index (χ0) is 11.9. The Morgan fingerprint density at radius 3 is 2.71 bits per heavy atom. The summed E-state index contributed by atoms with van der Waals surface area (Å²) in [7, 11) is 0. The average molecular weight is 226 g/mol. The first-order chi connectivity index (χ1) is 8.34. The molecule has 2 rings (SSSR count). The third-order valence-electron chi connectivity index (χ3n) is 2.20. The van der Waals surface area contributed by atoms with Gasteiger partial charge in [0.05, 0.1) is 6.54 Å². The van der Waals surface area contributed by atoms with E-state index in [4.69, 9.17) is 5.73 Å². The molecule has 1 aromatic carbocycles. The van der Waals surface area contributed by atoms with Gasteiger partial charge < -0.3 is 11.1 Å². The van der Waals surface area contributed by atoms with Crippen LogP contribution < -0.4 is 11.1 Å². The second-order valence-electron chi connectivity index (χ2n) is 3.55. The van der Waals surface area contributed by atoms with E-state index in [1.165, 1.54) is 0 Å². The van der Waals surface area contributed by atoms with Gasteiger partial charge in [-0.2, -0.15) is 0 Å². The van der Waals surface area contributed by atoms with Crippen molar-refractivity contribution in [3.63, 3.8) is 0 Å². The lowest BCUT2D eigenvalue weighted by molar-refractivity contribution is 1.04. The zero-order valence-corrected chi connectivity index (χ0v) is 9.38. The summed E-state index contributed by atoms with van der Waals surface area (Å²) in [4.78, 5) is 8.25. The summed E-state index contributed by atoms with van der Waals surface area (Å²) in [5, 5.41) is 3.02. The Balaban J connectivity index is 1.94. The Bertz CT molecular complexity index is 479. The van der Waals surface area contributed by atoms with Gasteiger partial charge >= 0.3 is 0 Å². The smallest absolute Gasteiger partial charge is 0.193 e. The number of nitrogens with one attached hydrogen (secondary N) is 1. The van der Waals surface area contributed by atoms with Crippen molar-refractivity contribution in [2.45, 2.75) is 6.54 Å². The average Bonchev–Trinajstić information content (AvgIpc) is 2.39. The van der Waals surface area contributed by atoms with E-state index in [0.717, 1.165) is 11.3 Å². The molecule has 1 heterocycles. The molecule has 0 bridgehead atoms. The molecule has 0 amide bonds. The Kier molecular flexibility index (Phi) is 3.70. The van der Waals surface area contributed by atoms with Gasteiger partial charge in [-0.3, -0.25) is 4.98 Å². The molecule has 86 valence electrons. The molecule has 0 atom stereocenters. The molecule has 0 spiro atoms. The number of aromatic nitrogens is 1. The van der Waals surface area contributed by atoms with Gasteiger partial charge in [-0.25, -0.2) is 4.99 Å². The van der Waals surface area contributed by atoms with E-state index in [1.807, 2.05) is 42.5 Å². The van der Waals surface area contributed by atoms with Gasteiger partial charge in [-0.05, 0) is 23.8 Å². The predicted octanol–water partition coefficient (Wildman–Crippen LogP) is 2.01. The van der Waals surface area contributed by atoms with Crippen LogP contribution in [-0.4, -0.2) is 10.9 Å². The number of hydrogen-bond acceptors (Lipinski definition) is 2. The minimum absolute atomic E-state index is 0.403. The maximum absolute atomic E-state index is 5.77. The number of aliphatic imine (C=N–C) groups is 1. The molecule has 0 aliphatic heterocycles. The first-order valence-electron chi connectivity index (χ1n) is 5.35. The van der Waals surface area contributed by atoms with Crippen LogP contribution in [0.4, 0.5) is 5.69 Å². The number of pyridine rings is 1. The molecule has 0 aliphatic rings. The molecule has 17 heavy (non-hydrogen) atoms. The number of rotatable bonds is 3. The number of nitrogens with two attached hydrogens (primary N) is 1. The van der Waals surface area contributed by atoms with Gasteiger partial charge in [0.2, 0.25) is 0 Å². The van der Waals surface area contributed by atoms with Crippen molar-refractivity contribution in [1.82, 2.24) is 4.98 Å². The lowest BCUT2D eigenvalue weighted by Crippen LogP contribution is -2.22. The lowest BCUT2D eigenvalue weighted by Gasteiger charge is -2.04. The number of nitrogens with zero attached hydrogens (tertiary/aromatic N) is 2. The fraction of sp³-hybridized carbons (Fsp3) is 0.0769. The Labute approximate surface area is 100 Å². The number of hydrogen-bond donors (Lipinski definition) is 2. The number of para-hydroxylation sites is 1. The molecule has 4 heteroatoms. The second-order valence-corrected chi connectivity index (χ2v) is 3.55. The molecule has 0 radical (unpaired) electrons. The minimum atomic E-state index is 0.403. The highest BCUT2D eigenvalue weighted by Gasteiger charge is 1.94. The lowest BCUT2D eigenvalue weighted by atomic mass is 10.3. The Morgan fingerprint density at radius 1 is 1.18 bits per heavy atom. The molecule has 4 nitrogen and oxygen atoms in total. The summed E-state index contributed by atoms with van der Waals surface area (Å²) in [5.41, 5.74) is 7.74. The van der Waals surface area contributed by atoms with Crippen LogP contribution in [0.15, 0.2) is 59.9 Å². The molecule has 0 saturated heterocycles. The topological polar surface area (TPSA) is 63.3 Å². The van der Waals surface area contributed by atoms with Crippen molar-refractivity contribution in [1.29, 1.82) is 0 Å². The van der Waals surface area contributed by atoms with Crippen LogP contribution in [0, 0.1) is 0 Å². The van der Waals surface area contributed by atoms with Crippen LogP contribution in [-0.2, 0) is 6.54 Å². The maximum Gasteiger partial charge on any atom is 0.193 e. The van der Waals surface area contributed by atoms with E-state index < -0.39 is 0 Å². The first kappa shape index (κ1) is 11.1. The number of guanidine groups is 1. The van der Waals surface area contributed by atoms with E-state index >= 15 is 0 Å². The van der Waals surface area contributed by atoms with Gasteiger partial charge in [0.15, 0.2) is 5.96 Å². The van der Waals surface area contributed by atoms with Crippen molar-refractivity contribution in [2.75, 3.05) is 5.32 Å². The van der Waals surface area contributed by atoms with Crippen LogP contribution >= 0.6 is 0 Å². The van der Waals surface area contributed by atoms with Gasteiger partial charge in [-0.1, -0.05) is 24.3 Å². The molecule has 1 aromatic heterocycles. The molecule has 3 N–H and O–H groups in total. The molecule has 0 fully saturated rings. The van der Waals surface area contributed by atoms with Gasteiger partial charge in [0.25, 0.3) is 0 Å². The molecule has 0 aliphatic carbocycles. The fourth-order valence-corrected chi connectivity index (χ4v) is 1.38. The van der Waals surface area contributed by atoms with E-state index in [9.17, 15) is 0 Å². The Hall–Kier alpha value is -2.36. The van der Waals surface area contributed by atoms with E-state index in [1.54, 1.807) is 12.4 Å². The van der Waals surface area contributed by atoms with Crippen molar-refractivity contribution in [3.8, 4) is 0 Å². The molecule has 0 saturated carbocycles. The van der Waals surface area contributed by atoms with Crippen LogP contribution in [0.3, 0.4) is 0 Å². The predicted molar refractivity (Wildman–Crippen MR) is 69.6 cm³/mol.